The maximum Gasteiger partial charge on any atom is 0.279 e. The van der Waals surface area contributed by atoms with Crippen LogP contribution in [-0.4, -0.2) is 25.8 Å². The molecule has 0 aliphatic rings. The molecule has 2 aromatic carbocycles. The van der Waals surface area contributed by atoms with E-state index in [9.17, 15) is 4.79 Å². The van der Waals surface area contributed by atoms with Crippen LogP contribution in [0.25, 0.3) is 0 Å². The van der Waals surface area contributed by atoms with E-state index in [0.29, 0.717) is 18.7 Å². The van der Waals surface area contributed by atoms with Gasteiger partial charge in [0.15, 0.2) is 6.54 Å². The highest BCUT2D eigenvalue weighted by atomic mass is 32.2. The third-order valence-electron chi connectivity index (χ3n) is 3.47. The van der Waals surface area contributed by atoms with Gasteiger partial charge < -0.3 is 10.2 Å². The molecule has 1 amide bonds. The molecule has 0 bridgehead atoms. The fourth-order valence-electron chi connectivity index (χ4n) is 2.39. The van der Waals surface area contributed by atoms with E-state index in [2.05, 4.69) is 11.4 Å². The summed E-state index contributed by atoms with van der Waals surface area (Å²) >= 11 is 1.61. The Bertz CT molecular complexity index is 724. The SMILES string of the molecule is CSc1ccccc1NC(=O)C[NH+](C)Cc1ccccc1C#N. The summed E-state index contributed by atoms with van der Waals surface area (Å²) in [5.41, 5.74) is 2.47. The van der Waals surface area contributed by atoms with Crippen molar-refractivity contribution in [3.05, 3.63) is 59.7 Å². The van der Waals surface area contributed by atoms with E-state index in [-0.39, 0.29) is 5.91 Å². The first-order chi connectivity index (χ1) is 11.1. The van der Waals surface area contributed by atoms with Gasteiger partial charge in [0.1, 0.15) is 6.54 Å². The van der Waals surface area contributed by atoms with E-state index in [4.69, 9.17) is 5.26 Å². The second-order valence-electron chi connectivity index (χ2n) is 5.33. The number of carbonyl (C=O) groups is 1. The molecule has 0 heterocycles. The Labute approximate surface area is 141 Å². The first-order valence-corrected chi connectivity index (χ1v) is 8.58. The van der Waals surface area contributed by atoms with Gasteiger partial charge in [-0.05, 0) is 24.5 Å². The maximum atomic E-state index is 12.2. The van der Waals surface area contributed by atoms with Crippen LogP contribution in [0.3, 0.4) is 0 Å². The summed E-state index contributed by atoms with van der Waals surface area (Å²) in [5.74, 6) is -0.0292. The maximum absolute atomic E-state index is 12.2. The lowest BCUT2D eigenvalue weighted by atomic mass is 10.1. The van der Waals surface area contributed by atoms with Crippen molar-refractivity contribution < 1.29 is 9.69 Å². The monoisotopic (exact) mass is 326 g/mol. The number of quaternary nitrogens is 1. The van der Waals surface area contributed by atoms with Crippen molar-refractivity contribution in [2.45, 2.75) is 11.4 Å². The third-order valence-corrected chi connectivity index (χ3v) is 4.27. The van der Waals surface area contributed by atoms with E-state index in [1.165, 1.54) is 0 Å². The van der Waals surface area contributed by atoms with Gasteiger partial charge in [-0.3, -0.25) is 4.79 Å². The second kappa shape index (κ2) is 8.37. The molecule has 2 aromatic rings. The van der Waals surface area contributed by atoms with E-state index < -0.39 is 0 Å². The number of carbonyl (C=O) groups excluding carboxylic acids is 1. The molecule has 2 N–H and O–H groups in total. The molecule has 118 valence electrons. The van der Waals surface area contributed by atoms with Gasteiger partial charge in [0.05, 0.1) is 24.4 Å². The van der Waals surface area contributed by atoms with Crippen LogP contribution in [0, 0.1) is 11.3 Å². The molecule has 0 saturated heterocycles. The van der Waals surface area contributed by atoms with Crippen LogP contribution in [0.1, 0.15) is 11.1 Å². The first-order valence-electron chi connectivity index (χ1n) is 7.36. The van der Waals surface area contributed by atoms with Crippen LogP contribution < -0.4 is 10.2 Å². The number of para-hydroxylation sites is 1. The van der Waals surface area contributed by atoms with Gasteiger partial charge in [-0.25, -0.2) is 0 Å². The summed E-state index contributed by atoms with van der Waals surface area (Å²) in [5, 5.41) is 12.1. The zero-order chi connectivity index (χ0) is 16.7. The number of hydrogen-bond acceptors (Lipinski definition) is 3. The van der Waals surface area contributed by atoms with Gasteiger partial charge in [0.2, 0.25) is 0 Å². The lowest BCUT2D eigenvalue weighted by Gasteiger charge is -2.15. The number of nitriles is 1. The molecular formula is C18H20N3OS+. The van der Waals surface area contributed by atoms with Crippen molar-refractivity contribution in [3.63, 3.8) is 0 Å². The van der Waals surface area contributed by atoms with Crippen LogP contribution in [0.15, 0.2) is 53.4 Å². The number of anilines is 1. The molecule has 0 aliphatic heterocycles. The Morgan fingerprint density at radius 2 is 1.91 bits per heavy atom. The van der Waals surface area contributed by atoms with Crippen molar-refractivity contribution >= 4 is 23.4 Å². The lowest BCUT2D eigenvalue weighted by Crippen LogP contribution is -3.08. The molecule has 1 atom stereocenters. The quantitative estimate of drug-likeness (QED) is 0.798. The van der Waals surface area contributed by atoms with Crippen molar-refractivity contribution in [3.8, 4) is 6.07 Å². The number of likely N-dealkylation sites (N-methyl/N-ethyl adjacent to an activating group) is 1. The average Bonchev–Trinajstić information content (AvgIpc) is 2.55. The standard InChI is InChI=1S/C18H19N3OS/c1-21(12-15-8-4-3-7-14(15)11-19)13-18(22)20-16-9-5-6-10-17(16)23-2/h3-10H,12-13H2,1-2H3,(H,20,22)/p+1. The Balaban J connectivity index is 1.96. The van der Waals surface area contributed by atoms with Gasteiger partial charge in [-0.1, -0.05) is 30.3 Å². The van der Waals surface area contributed by atoms with Crippen molar-refractivity contribution in [1.82, 2.24) is 0 Å². The van der Waals surface area contributed by atoms with Crippen molar-refractivity contribution in [2.75, 3.05) is 25.2 Å². The Hall–Kier alpha value is -2.29. The zero-order valence-corrected chi connectivity index (χ0v) is 14.1. The number of rotatable bonds is 6. The average molecular weight is 326 g/mol. The lowest BCUT2D eigenvalue weighted by molar-refractivity contribution is -0.885. The molecule has 5 heteroatoms. The molecule has 23 heavy (non-hydrogen) atoms. The van der Waals surface area contributed by atoms with E-state index in [1.54, 1.807) is 17.8 Å². The molecule has 1 unspecified atom stereocenters. The van der Waals surface area contributed by atoms with Gasteiger partial charge >= 0.3 is 0 Å². The van der Waals surface area contributed by atoms with Gasteiger partial charge in [-0.2, -0.15) is 5.26 Å². The number of thioether (sulfide) groups is 1. The largest absolute Gasteiger partial charge is 0.326 e. The molecule has 0 radical (unpaired) electrons. The molecular weight excluding hydrogens is 306 g/mol. The van der Waals surface area contributed by atoms with Crippen LogP contribution in [-0.2, 0) is 11.3 Å². The van der Waals surface area contributed by atoms with Crippen LogP contribution in [0.4, 0.5) is 5.69 Å². The van der Waals surface area contributed by atoms with E-state index in [0.717, 1.165) is 21.0 Å². The Kier molecular flexibility index (Phi) is 6.21. The van der Waals surface area contributed by atoms with Crippen LogP contribution in [0.2, 0.25) is 0 Å². The summed E-state index contributed by atoms with van der Waals surface area (Å²) < 4.78 is 0. The van der Waals surface area contributed by atoms with Crippen molar-refractivity contribution in [1.29, 1.82) is 5.26 Å². The van der Waals surface area contributed by atoms with Gasteiger partial charge in [0, 0.05) is 10.5 Å². The first kappa shape index (κ1) is 17.1. The highest BCUT2D eigenvalue weighted by Gasteiger charge is 2.13. The third kappa shape index (κ3) is 4.85. The van der Waals surface area contributed by atoms with Crippen molar-refractivity contribution in [2.24, 2.45) is 0 Å². The predicted molar refractivity (Wildman–Crippen MR) is 93.5 cm³/mol. The fourth-order valence-corrected chi connectivity index (χ4v) is 2.94. The summed E-state index contributed by atoms with van der Waals surface area (Å²) in [6.45, 7) is 0.990. The summed E-state index contributed by atoms with van der Waals surface area (Å²) in [4.78, 5) is 14.3. The smallest absolute Gasteiger partial charge is 0.279 e. The summed E-state index contributed by atoms with van der Waals surface area (Å²) in [6.07, 6.45) is 1.99. The molecule has 2 rings (SSSR count). The minimum absolute atomic E-state index is 0.0292. The number of amides is 1. The molecule has 4 nitrogen and oxygen atoms in total. The highest BCUT2D eigenvalue weighted by Crippen LogP contribution is 2.24. The fraction of sp³-hybridized carbons (Fsp3) is 0.222. The Morgan fingerprint density at radius 1 is 1.22 bits per heavy atom. The summed E-state index contributed by atoms with van der Waals surface area (Å²) in [6, 6.07) is 17.5. The second-order valence-corrected chi connectivity index (χ2v) is 6.18. The van der Waals surface area contributed by atoms with Gasteiger partial charge in [-0.15, -0.1) is 11.8 Å². The van der Waals surface area contributed by atoms with Crippen LogP contribution in [0.5, 0.6) is 0 Å². The normalized spacial score (nSPS) is 11.5. The molecule has 0 spiro atoms. The predicted octanol–water partition coefficient (Wildman–Crippen LogP) is 1.93. The topological polar surface area (TPSA) is 57.3 Å². The number of nitrogens with one attached hydrogen (secondary N) is 2. The molecule has 0 aromatic heterocycles. The minimum Gasteiger partial charge on any atom is -0.326 e. The molecule has 0 aliphatic carbocycles. The number of nitrogens with zero attached hydrogens (tertiary/aromatic N) is 1. The summed E-state index contributed by atoms with van der Waals surface area (Å²) in [7, 11) is 1.95. The van der Waals surface area contributed by atoms with E-state index in [1.807, 2.05) is 55.8 Å². The highest BCUT2D eigenvalue weighted by molar-refractivity contribution is 7.98. The minimum atomic E-state index is -0.0292. The van der Waals surface area contributed by atoms with Crippen LogP contribution >= 0.6 is 11.8 Å². The zero-order valence-electron chi connectivity index (χ0n) is 13.3. The molecule has 0 saturated carbocycles. The Morgan fingerprint density at radius 3 is 2.65 bits per heavy atom. The number of hydrogen-bond donors (Lipinski definition) is 2. The van der Waals surface area contributed by atoms with E-state index >= 15 is 0 Å². The van der Waals surface area contributed by atoms with Gasteiger partial charge in [0.25, 0.3) is 5.91 Å². The number of benzene rings is 2. The molecule has 0 fully saturated rings.